The molecule has 0 bridgehead atoms. The molecule has 0 aliphatic heterocycles. The molecule has 32 heavy (non-hydrogen) atoms. The minimum atomic E-state index is -4.80. The predicted molar refractivity (Wildman–Crippen MR) is 105 cm³/mol. The van der Waals surface area contributed by atoms with E-state index in [1.807, 2.05) is 0 Å². The summed E-state index contributed by atoms with van der Waals surface area (Å²) in [6.45, 7) is -1.81. The molecule has 0 aliphatic rings. The lowest BCUT2D eigenvalue weighted by molar-refractivity contribution is -0.150. The highest BCUT2D eigenvalue weighted by Gasteiger charge is 2.33. The van der Waals surface area contributed by atoms with Gasteiger partial charge < -0.3 is 9.64 Å². The van der Waals surface area contributed by atoms with Crippen molar-refractivity contribution in [2.24, 2.45) is 0 Å². The van der Waals surface area contributed by atoms with E-state index in [1.54, 1.807) is 10.8 Å². The van der Waals surface area contributed by atoms with Gasteiger partial charge in [-0.15, -0.1) is 0 Å². The largest absolute Gasteiger partial charge is 0.455 e. The number of alkyl halides is 3. The Kier molecular flexibility index (Phi) is 8.21. The number of likely N-dealkylation sites (N-methyl/N-ethyl adjacent to an activating group) is 1. The van der Waals surface area contributed by atoms with E-state index >= 15 is 0 Å². The van der Waals surface area contributed by atoms with Crippen LogP contribution in [0.15, 0.2) is 47.4 Å². The number of halogens is 5. The minimum absolute atomic E-state index is 0.0935. The van der Waals surface area contributed by atoms with E-state index < -0.39 is 62.5 Å². The summed E-state index contributed by atoms with van der Waals surface area (Å²) < 4.78 is 83.0. The molecule has 0 atom stereocenters. The van der Waals surface area contributed by atoms with Crippen molar-refractivity contribution < 1.29 is 40.3 Å². The Balaban J connectivity index is 1.92. The van der Waals surface area contributed by atoms with Crippen molar-refractivity contribution in [3.63, 3.8) is 0 Å². The summed E-state index contributed by atoms with van der Waals surface area (Å²) in [7, 11) is -3.24. The number of hydrogen-bond donors (Lipinski definition) is 1. The second kappa shape index (κ2) is 10.3. The highest BCUT2D eigenvalue weighted by atomic mass is 35.5. The van der Waals surface area contributed by atoms with Gasteiger partial charge in [-0.1, -0.05) is 29.8 Å². The SMILES string of the molecule is CN(Cc1ccccc1F)C(=O)COC(=O)CNS(=O)(=O)c1cc(C(F)(F)F)ccc1Cl. The normalized spacial score (nSPS) is 11.8. The number of amides is 1. The number of benzene rings is 2. The predicted octanol–water partition coefficient (Wildman–Crippen LogP) is 2.98. The zero-order valence-corrected chi connectivity index (χ0v) is 18.0. The van der Waals surface area contributed by atoms with Gasteiger partial charge in [0.1, 0.15) is 17.3 Å². The number of ether oxygens (including phenoxy) is 1. The number of carbonyl (C=O) groups is 2. The van der Waals surface area contributed by atoms with Crippen molar-refractivity contribution in [2.75, 3.05) is 20.2 Å². The monoisotopic (exact) mass is 496 g/mol. The maximum Gasteiger partial charge on any atom is 0.416 e. The number of esters is 1. The third kappa shape index (κ3) is 6.90. The first kappa shape index (κ1) is 25.6. The fourth-order valence-corrected chi connectivity index (χ4v) is 3.88. The van der Waals surface area contributed by atoms with Crippen molar-refractivity contribution >= 4 is 33.5 Å². The van der Waals surface area contributed by atoms with Gasteiger partial charge in [-0.05, 0) is 24.3 Å². The second-order valence-electron chi connectivity index (χ2n) is 6.47. The van der Waals surface area contributed by atoms with Gasteiger partial charge in [0.25, 0.3) is 5.91 Å². The first-order chi connectivity index (χ1) is 14.8. The van der Waals surface area contributed by atoms with Crippen LogP contribution in [-0.4, -0.2) is 45.4 Å². The van der Waals surface area contributed by atoms with Gasteiger partial charge in [0.2, 0.25) is 10.0 Å². The van der Waals surface area contributed by atoms with Crippen LogP contribution in [0.5, 0.6) is 0 Å². The number of carbonyl (C=O) groups excluding carboxylic acids is 2. The van der Waals surface area contributed by atoms with E-state index in [4.69, 9.17) is 11.6 Å². The maximum absolute atomic E-state index is 13.6. The third-order valence-electron chi connectivity index (χ3n) is 4.10. The molecule has 0 aromatic heterocycles. The molecule has 174 valence electrons. The molecule has 0 saturated heterocycles. The number of rotatable bonds is 8. The molecule has 2 aromatic rings. The van der Waals surface area contributed by atoms with E-state index in [2.05, 4.69) is 4.74 Å². The summed E-state index contributed by atoms with van der Waals surface area (Å²) in [5.74, 6) is -2.37. The number of nitrogens with zero attached hydrogens (tertiary/aromatic N) is 1. The van der Waals surface area contributed by atoms with Gasteiger partial charge in [-0.25, -0.2) is 12.8 Å². The zero-order valence-electron chi connectivity index (χ0n) is 16.4. The topological polar surface area (TPSA) is 92.8 Å². The average Bonchev–Trinajstić information content (AvgIpc) is 2.71. The van der Waals surface area contributed by atoms with Crippen molar-refractivity contribution in [2.45, 2.75) is 17.6 Å². The standard InChI is InChI=1S/C19H17ClF4N2O5S/c1-26(10-12-4-2-3-5-15(12)21)17(27)11-31-18(28)9-25-32(29,30)16-8-13(19(22,23)24)6-7-14(16)20/h2-8,25H,9-11H2,1H3. The van der Waals surface area contributed by atoms with E-state index in [-0.39, 0.29) is 12.1 Å². The van der Waals surface area contributed by atoms with Gasteiger partial charge in [0.05, 0.1) is 10.6 Å². The molecule has 0 aliphatic carbocycles. The van der Waals surface area contributed by atoms with Crippen LogP contribution in [0.3, 0.4) is 0 Å². The van der Waals surface area contributed by atoms with Crippen LogP contribution in [0, 0.1) is 5.82 Å². The van der Waals surface area contributed by atoms with Crippen LogP contribution in [-0.2, 0) is 37.1 Å². The van der Waals surface area contributed by atoms with Gasteiger partial charge in [0, 0.05) is 19.2 Å². The van der Waals surface area contributed by atoms with E-state index in [0.29, 0.717) is 12.1 Å². The summed E-state index contributed by atoms with van der Waals surface area (Å²) >= 11 is 5.68. The quantitative estimate of drug-likeness (QED) is 0.448. The number of sulfonamides is 1. The summed E-state index contributed by atoms with van der Waals surface area (Å²) in [5.41, 5.74) is -1.01. The maximum atomic E-state index is 13.6. The lowest BCUT2D eigenvalue weighted by Gasteiger charge is -2.17. The van der Waals surface area contributed by atoms with Crippen LogP contribution in [0.4, 0.5) is 17.6 Å². The lowest BCUT2D eigenvalue weighted by atomic mass is 10.2. The molecule has 1 N–H and O–H groups in total. The molecule has 2 aromatic carbocycles. The molecule has 0 spiro atoms. The minimum Gasteiger partial charge on any atom is -0.455 e. The number of nitrogens with one attached hydrogen (secondary N) is 1. The summed E-state index contributed by atoms with van der Waals surface area (Å²) in [4.78, 5) is 24.0. The third-order valence-corrected chi connectivity index (χ3v) is 5.99. The molecule has 7 nitrogen and oxygen atoms in total. The Morgan fingerprint density at radius 2 is 1.81 bits per heavy atom. The first-order valence-electron chi connectivity index (χ1n) is 8.80. The molecule has 0 heterocycles. The molecule has 0 radical (unpaired) electrons. The Bertz CT molecular complexity index is 1110. The molecule has 0 saturated carbocycles. The highest BCUT2D eigenvalue weighted by Crippen LogP contribution is 2.33. The van der Waals surface area contributed by atoms with E-state index in [1.165, 1.54) is 25.2 Å². The molecule has 0 unspecified atom stereocenters. The lowest BCUT2D eigenvalue weighted by Crippen LogP contribution is -2.35. The van der Waals surface area contributed by atoms with Crippen molar-refractivity contribution in [1.29, 1.82) is 0 Å². The van der Waals surface area contributed by atoms with Crippen LogP contribution in [0.2, 0.25) is 5.02 Å². The molecule has 0 fully saturated rings. The molecule has 1 amide bonds. The zero-order chi connectivity index (χ0) is 24.1. The van der Waals surface area contributed by atoms with Crippen LogP contribution in [0.25, 0.3) is 0 Å². The van der Waals surface area contributed by atoms with Crippen molar-refractivity contribution in [3.8, 4) is 0 Å². The van der Waals surface area contributed by atoms with E-state index in [9.17, 15) is 35.6 Å². The Morgan fingerprint density at radius 3 is 2.44 bits per heavy atom. The smallest absolute Gasteiger partial charge is 0.416 e. The molecule has 2 rings (SSSR count). The van der Waals surface area contributed by atoms with Gasteiger partial charge >= 0.3 is 12.1 Å². The molecule has 13 heteroatoms. The Morgan fingerprint density at radius 1 is 1.16 bits per heavy atom. The highest BCUT2D eigenvalue weighted by molar-refractivity contribution is 7.89. The number of hydrogen-bond acceptors (Lipinski definition) is 5. The van der Waals surface area contributed by atoms with E-state index in [0.717, 1.165) is 11.0 Å². The van der Waals surface area contributed by atoms with Crippen LogP contribution in [0.1, 0.15) is 11.1 Å². The summed E-state index contributed by atoms with van der Waals surface area (Å²) in [6.07, 6.45) is -4.80. The summed E-state index contributed by atoms with van der Waals surface area (Å²) in [6, 6.07) is 7.46. The van der Waals surface area contributed by atoms with Crippen molar-refractivity contribution in [1.82, 2.24) is 9.62 Å². The Labute approximate surface area is 186 Å². The first-order valence-corrected chi connectivity index (χ1v) is 10.7. The van der Waals surface area contributed by atoms with Gasteiger partial charge in [-0.2, -0.15) is 17.9 Å². The van der Waals surface area contributed by atoms with Crippen LogP contribution >= 0.6 is 11.6 Å². The van der Waals surface area contributed by atoms with Gasteiger partial charge in [-0.3, -0.25) is 9.59 Å². The van der Waals surface area contributed by atoms with Crippen LogP contribution < -0.4 is 4.72 Å². The summed E-state index contributed by atoms with van der Waals surface area (Å²) in [5, 5.41) is -0.483. The second-order valence-corrected chi connectivity index (χ2v) is 8.61. The molecular weight excluding hydrogens is 480 g/mol. The Hall–Kier alpha value is -2.70. The fourth-order valence-electron chi connectivity index (χ4n) is 2.39. The fraction of sp³-hybridized carbons (Fsp3) is 0.263. The molecular formula is C19H17ClF4N2O5S. The average molecular weight is 497 g/mol. The van der Waals surface area contributed by atoms with Crippen molar-refractivity contribution in [3.05, 3.63) is 64.4 Å². The van der Waals surface area contributed by atoms with Gasteiger partial charge in [0.15, 0.2) is 6.61 Å².